The van der Waals surface area contributed by atoms with E-state index >= 15 is 0 Å². The van der Waals surface area contributed by atoms with Gasteiger partial charge < -0.3 is 20.7 Å². The minimum absolute atomic E-state index is 0.0803. The number of rotatable bonds is 4. The summed E-state index contributed by atoms with van der Waals surface area (Å²) in [5.74, 6) is -0.344. The van der Waals surface area contributed by atoms with Crippen LogP contribution in [0.3, 0.4) is 0 Å². The molecule has 0 spiro atoms. The summed E-state index contributed by atoms with van der Waals surface area (Å²) >= 11 is 0. The Hall–Kier alpha value is -1.89. The second-order valence-corrected chi connectivity index (χ2v) is 5.64. The molecule has 0 bridgehead atoms. The summed E-state index contributed by atoms with van der Waals surface area (Å²) < 4.78 is 1.31. The van der Waals surface area contributed by atoms with Crippen LogP contribution in [0.4, 0.5) is 5.82 Å². The molecule has 1 aliphatic rings. The van der Waals surface area contributed by atoms with Crippen LogP contribution in [0.25, 0.3) is 0 Å². The van der Waals surface area contributed by atoms with Gasteiger partial charge in [-0.2, -0.15) is 0 Å². The average Bonchev–Trinajstić information content (AvgIpc) is 2.79. The van der Waals surface area contributed by atoms with Crippen molar-refractivity contribution in [3.8, 4) is 0 Å². The molecule has 2 N–H and O–H groups in total. The maximum Gasteiger partial charge on any atom is 0.323 e. The van der Waals surface area contributed by atoms with Gasteiger partial charge in [-0.25, -0.2) is 4.57 Å². The zero-order valence-electron chi connectivity index (χ0n) is 11.8. The van der Waals surface area contributed by atoms with Gasteiger partial charge in [0.15, 0.2) is 5.69 Å². The van der Waals surface area contributed by atoms with Gasteiger partial charge in [-0.15, -0.1) is 0 Å². The Morgan fingerprint density at radius 3 is 2.70 bits per heavy atom. The van der Waals surface area contributed by atoms with E-state index in [1.54, 1.807) is 0 Å². The highest BCUT2D eigenvalue weighted by molar-refractivity contribution is 5.93. The number of piperidine rings is 1. The lowest BCUT2D eigenvalue weighted by molar-refractivity contribution is -0.391. The van der Waals surface area contributed by atoms with Gasteiger partial charge in [-0.3, -0.25) is 4.79 Å². The second kappa shape index (κ2) is 5.62. The van der Waals surface area contributed by atoms with Gasteiger partial charge in [0, 0.05) is 12.6 Å². The van der Waals surface area contributed by atoms with Gasteiger partial charge >= 0.3 is 5.82 Å². The van der Waals surface area contributed by atoms with Crippen LogP contribution in [-0.4, -0.2) is 35.0 Å². The van der Waals surface area contributed by atoms with E-state index in [1.165, 1.54) is 23.7 Å². The number of nitrogens with one attached hydrogen (secondary N) is 2. The third-order valence-corrected chi connectivity index (χ3v) is 4.00. The van der Waals surface area contributed by atoms with Gasteiger partial charge in [0.25, 0.3) is 5.91 Å². The number of amides is 1. The third kappa shape index (κ3) is 2.98. The predicted molar refractivity (Wildman–Crippen MR) is 74.6 cm³/mol. The van der Waals surface area contributed by atoms with Crippen molar-refractivity contribution in [1.82, 2.24) is 15.2 Å². The molecule has 1 fully saturated rings. The maximum atomic E-state index is 12.1. The molecule has 1 amide bonds. The summed E-state index contributed by atoms with van der Waals surface area (Å²) in [4.78, 5) is 22.4. The fourth-order valence-corrected chi connectivity index (χ4v) is 2.50. The molecule has 110 valence electrons. The predicted octanol–water partition coefficient (Wildman–Crippen LogP) is 1.05. The number of carbonyl (C=O) groups excluding carboxylic acids is 1. The van der Waals surface area contributed by atoms with Crippen molar-refractivity contribution in [2.24, 2.45) is 12.5 Å². The SMILES string of the molecule is Cn1c(C(=O)NCC2(C)CCNCC2)ccc1[N+](=O)[O-]. The van der Waals surface area contributed by atoms with E-state index in [4.69, 9.17) is 0 Å². The maximum absolute atomic E-state index is 12.1. The molecular formula is C13H20N4O3. The van der Waals surface area contributed by atoms with Crippen molar-refractivity contribution in [3.63, 3.8) is 0 Å². The number of hydrogen-bond acceptors (Lipinski definition) is 4. The standard InChI is InChI=1S/C13H20N4O3/c1-13(5-7-14-8-6-13)9-15-12(18)10-3-4-11(16(10)2)17(19)20/h3-4,14H,5-9H2,1-2H3,(H,15,18). The van der Waals surface area contributed by atoms with Gasteiger partial charge in [0.1, 0.15) is 0 Å². The Morgan fingerprint density at radius 1 is 1.50 bits per heavy atom. The molecule has 7 heteroatoms. The number of nitro groups is 1. The number of carbonyl (C=O) groups is 1. The van der Waals surface area contributed by atoms with Gasteiger partial charge in [0.2, 0.25) is 0 Å². The highest BCUT2D eigenvalue weighted by Gasteiger charge is 2.28. The number of aromatic nitrogens is 1. The monoisotopic (exact) mass is 280 g/mol. The first-order valence-corrected chi connectivity index (χ1v) is 6.72. The number of hydrogen-bond donors (Lipinski definition) is 2. The second-order valence-electron chi connectivity index (χ2n) is 5.64. The fraction of sp³-hybridized carbons (Fsp3) is 0.615. The Bertz CT molecular complexity index is 518. The molecule has 0 saturated carbocycles. The van der Waals surface area contributed by atoms with Gasteiger partial charge in [-0.1, -0.05) is 6.92 Å². The van der Waals surface area contributed by atoms with Crippen molar-refractivity contribution in [2.45, 2.75) is 19.8 Å². The number of nitrogens with zero attached hydrogens (tertiary/aromatic N) is 2. The molecule has 2 heterocycles. The highest BCUT2D eigenvalue weighted by Crippen LogP contribution is 2.26. The first-order chi connectivity index (χ1) is 9.43. The zero-order chi connectivity index (χ0) is 14.8. The van der Waals surface area contributed by atoms with Crippen LogP contribution < -0.4 is 10.6 Å². The Labute approximate surface area is 117 Å². The fourth-order valence-electron chi connectivity index (χ4n) is 2.50. The molecule has 0 atom stereocenters. The minimum atomic E-state index is -0.495. The summed E-state index contributed by atoms with van der Waals surface area (Å²) in [6.45, 7) is 4.66. The smallest absolute Gasteiger partial charge is 0.323 e. The quantitative estimate of drug-likeness (QED) is 0.637. The van der Waals surface area contributed by atoms with Crippen LogP contribution in [-0.2, 0) is 7.05 Å². The summed E-state index contributed by atoms with van der Waals surface area (Å²) in [6, 6.07) is 2.83. The largest absolute Gasteiger partial charge is 0.358 e. The molecule has 0 aromatic carbocycles. The van der Waals surface area contributed by atoms with Gasteiger partial charge in [0.05, 0.1) is 7.05 Å². The average molecular weight is 280 g/mol. The topological polar surface area (TPSA) is 89.2 Å². The van der Waals surface area contributed by atoms with Crippen molar-refractivity contribution >= 4 is 11.7 Å². The van der Waals surface area contributed by atoms with E-state index < -0.39 is 4.92 Å². The third-order valence-electron chi connectivity index (χ3n) is 4.00. The van der Waals surface area contributed by atoms with E-state index in [-0.39, 0.29) is 17.1 Å². The van der Waals surface area contributed by atoms with E-state index in [2.05, 4.69) is 17.6 Å². The first kappa shape index (κ1) is 14.5. The van der Waals surface area contributed by atoms with Crippen molar-refractivity contribution < 1.29 is 9.72 Å². The van der Waals surface area contributed by atoms with Crippen LogP contribution in [0.15, 0.2) is 12.1 Å². The molecule has 0 radical (unpaired) electrons. The lowest BCUT2D eigenvalue weighted by Crippen LogP contribution is -2.43. The van der Waals surface area contributed by atoms with Crippen molar-refractivity contribution in [2.75, 3.05) is 19.6 Å². The highest BCUT2D eigenvalue weighted by atomic mass is 16.6. The minimum Gasteiger partial charge on any atom is -0.358 e. The van der Waals surface area contributed by atoms with Crippen molar-refractivity contribution in [1.29, 1.82) is 0 Å². The normalized spacial score (nSPS) is 17.7. The van der Waals surface area contributed by atoms with Crippen LogP contribution in [0.2, 0.25) is 0 Å². The lowest BCUT2D eigenvalue weighted by atomic mass is 9.81. The van der Waals surface area contributed by atoms with E-state index in [0.29, 0.717) is 12.2 Å². The van der Waals surface area contributed by atoms with Crippen LogP contribution in [0.5, 0.6) is 0 Å². The van der Waals surface area contributed by atoms with E-state index in [0.717, 1.165) is 25.9 Å². The van der Waals surface area contributed by atoms with Gasteiger partial charge in [-0.05, 0) is 42.3 Å². The first-order valence-electron chi connectivity index (χ1n) is 6.72. The summed E-state index contributed by atoms with van der Waals surface area (Å²) in [5, 5.41) is 16.9. The zero-order valence-corrected chi connectivity index (χ0v) is 11.8. The van der Waals surface area contributed by atoms with Crippen LogP contribution in [0.1, 0.15) is 30.3 Å². The molecule has 0 unspecified atom stereocenters. The van der Waals surface area contributed by atoms with E-state index in [9.17, 15) is 14.9 Å². The molecule has 2 rings (SSSR count). The van der Waals surface area contributed by atoms with Crippen LogP contribution >= 0.6 is 0 Å². The summed E-state index contributed by atoms with van der Waals surface area (Å²) in [6.07, 6.45) is 2.03. The van der Waals surface area contributed by atoms with Crippen LogP contribution in [0, 0.1) is 15.5 Å². The lowest BCUT2D eigenvalue weighted by Gasteiger charge is -2.34. The van der Waals surface area contributed by atoms with Crippen molar-refractivity contribution in [3.05, 3.63) is 27.9 Å². The van der Waals surface area contributed by atoms with E-state index in [1.807, 2.05) is 0 Å². The molecule has 7 nitrogen and oxygen atoms in total. The molecule has 1 saturated heterocycles. The summed E-state index contributed by atoms with van der Waals surface area (Å²) in [7, 11) is 1.53. The Morgan fingerprint density at radius 2 is 2.15 bits per heavy atom. The molecule has 1 aromatic heterocycles. The molecule has 1 aliphatic heterocycles. The molecule has 0 aliphatic carbocycles. The Balaban J connectivity index is 2.00. The Kier molecular flexibility index (Phi) is 4.08. The molecule has 20 heavy (non-hydrogen) atoms. The molecular weight excluding hydrogens is 260 g/mol. The molecule has 1 aromatic rings. The summed E-state index contributed by atoms with van der Waals surface area (Å²) in [5.41, 5.74) is 0.409.